The van der Waals surface area contributed by atoms with Crippen LogP contribution in [0.15, 0.2) is 16.3 Å². The summed E-state index contributed by atoms with van der Waals surface area (Å²) in [5.41, 5.74) is 0. The number of thiophene rings is 1. The second kappa shape index (κ2) is 6.14. The lowest BCUT2D eigenvalue weighted by atomic mass is 9.71. The van der Waals surface area contributed by atoms with E-state index in [9.17, 15) is 13.2 Å². The molecule has 4 unspecified atom stereocenters. The number of ether oxygens (including phenoxy) is 1. The monoisotopic (exact) mass is 359 g/mol. The van der Waals surface area contributed by atoms with E-state index in [0.717, 1.165) is 17.8 Å². The molecule has 2 heterocycles. The number of likely N-dealkylation sites (N-methyl/N-ethyl adjacent to an activating group) is 1. The minimum absolute atomic E-state index is 0.0364. The van der Waals surface area contributed by atoms with Crippen LogP contribution in [0.3, 0.4) is 0 Å². The molecule has 23 heavy (non-hydrogen) atoms. The van der Waals surface area contributed by atoms with E-state index < -0.39 is 10.0 Å². The van der Waals surface area contributed by atoms with Crippen LogP contribution in [-0.2, 0) is 14.8 Å². The van der Waals surface area contributed by atoms with Gasteiger partial charge in [-0.05, 0) is 26.6 Å². The zero-order valence-electron chi connectivity index (χ0n) is 13.3. The van der Waals surface area contributed by atoms with E-state index in [1.807, 2.05) is 19.0 Å². The number of hydrogen-bond acceptors (Lipinski definition) is 6. The predicted molar refractivity (Wildman–Crippen MR) is 87.1 cm³/mol. The first-order valence-electron chi connectivity index (χ1n) is 7.46. The summed E-state index contributed by atoms with van der Waals surface area (Å²) in [6.45, 7) is 0.678. The smallest absolute Gasteiger partial charge is 0.261 e. The number of fused-ring (bicyclic) bond motifs is 1. The summed E-state index contributed by atoms with van der Waals surface area (Å²) in [6.07, 6.45) is 0.969. The van der Waals surface area contributed by atoms with Crippen molar-refractivity contribution in [3.05, 3.63) is 16.3 Å². The average Bonchev–Trinajstić information content (AvgIpc) is 3.11. The number of nitrogens with zero attached hydrogens (tertiary/aromatic N) is 1. The van der Waals surface area contributed by atoms with E-state index >= 15 is 0 Å². The summed E-state index contributed by atoms with van der Waals surface area (Å²) in [4.78, 5) is 14.1. The van der Waals surface area contributed by atoms with Crippen molar-refractivity contribution in [3.63, 3.8) is 0 Å². The van der Waals surface area contributed by atoms with Gasteiger partial charge in [0.15, 0.2) is 0 Å². The van der Waals surface area contributed by atoms with Crippen LogP contribution >= 0.6 is 11.3 Å². The van der Waals surface area contributed by atoms with E-state index in [2.05, 4.69) is 10.0 Å². The molecule has 1 aliphatic carbocycles. The highest BCUT2D eigenvalue weighted by molar-refractivity contribution is 7.89. The molecule has 0 bridgehead atoms. The van der Waals surface area contributed by atoms with E-state index in [0.29, 0.717) is 11.5 Å². The Morgan fingerprint density at radius 2 is 2.17 bits per heavy atom. The number of carbonyl (C=O) groups excluding carboxylic acids is 1. The van der Waals surface area contributed by atoms with Crippen molar-refractivity contribution in [1.82, 2.24) is 14.9 Å². The molecule has 1 aromatic heterocycles. The fourth-order valence-corrected chi connectivity index (χ4v) is 5.92. The van der Waals surface area contributed by atoms with Gasteiger partial charge in [0.05, 0.1) is 21.9 Å². The molecule has 2 N–H and O–H groups in total. The first-order valence-corrected chi connectivity index (χ1v) is 9.82. The molecule has 1 saturated heterocycles. The Morgan fingerprint density at radius 3 is 2.83 bits per heavy atom. The minimum Gasteiger partial charge on any atom is -0.376 e. The van der Waals surface area contributed by atoms with Gasteiger partial charge in [0.2, 0.25) is 10.0 Å². The Morgan fingerprint density at radius 1 is 1.43 bits per heavy atom. The van der Waals surface area contributed by atoms with E-state index in [1.54, 1.807) is 0 Å². The van der Waals surface area contributed by atoms with Gasteiger partial charge in [-0.25, -0.2) is 13.1 Å². The van der Waals surface area contributed by atoms with Crippen LogP contribution in [0, 0.1) is 5.92 Å². The molecule has 4 atom stereocenters. The Kier molecular flexibility index (Phi) is 4.49. The van der Waals surface area contributed by atoms with Gasteiger partial charge in [-0.2, -0.15) is 0 Å². The number of sulfonamides is 1. The highest BCUT2D eigenvalue weighted by Gasteiger charge is 2.56. The molecule has 7 nitrogen and oxygen atoms in total. The fraction of sp³-hybridized carbons (Fsp3) is 0.643. The van der Waals surface area contributed by atoms with Gasteiger partial charge in [0.1, 0.15) is 0 Å². The van der Waals surface area contributed by atoms with Gasteiger partial charge in [-0.15, -0.1) is 11.3 Å². The Hall–Kier alpha value is -1.00. The van der Waals surface area contributed by atoms with Gasteiger partial charge in [-0.3, -0.25) is 4.79 Å². The normalized spacial score (nSPS) is 30.1. The second-order valence-corrected chi connectivity index (χ2v) is 8.74. The molecule has 0 aromatic carbocycles. The van der Waals surface area contributed by atoms with Crippen LogP contribution in [0.5, 0.6) is 0 Å². The number of carbonyl (C=O) groups is 1. The van der Waals surface area contributed by atoms with Crippen molar-refractivity contribution < 1.29 is 17.9 Å². The molecular formula is C14H21N3O4S2. The highest BCUT2D eigenvalue weighted by atomic mass is 32.2. The molecule has 9 heteroatoms. The summed E-state index contributed by atoms with van der Waals surface area (Å²) in [5.74, 6) is -0.0651. The molecule has 1 aromatic rings. The molecule has 1 aliphatic heterocycles. The second-order valence-electron chi connectivity index (χ2n) is 6.11. The predicted octanol–water partition coefficient (Wildman–Crippen LogP) is 0.104. The Labute approximate surface area is 140 Å². The van der Waals surface area contributed by atoms with Crippen molar-refractivity contribution >= 4 is 27.3 Å². The van der Waals surface area contributed by atoms with Crippen molar-refractivity contribution in [3.8, 4) is 0 Å². The lowest BCUT2D eigenvalue weighted by molar-refractivity contribution is -0.0626. The third-order valence-corrected chi connectivity index (χ3v) is 7.09. The van der Waals surface area contributed by atoms with Gasteiger partial charge in [0.25, 0.3) is 5.91 Å². The van der Waals surface area contributed by atoms with Crippen LogP contribution in [0.4, 0.5) is 0 Å². The van der Waals surface area contributed by atoms with Crippen LogP contribution in [0.25, 0.3) is 0 Å². The number of nitrogens with one attached hydrogen (secondary N) is 2. The minimum atomic E-state index is -3.65. The molecule has 1 amide bonds. The van der Waals surface area contributed by atoms with Crippen molar-refractivity contribution in [2.45, 2.75) is 29.5 Å². The summed E-state index contributed by atoms with van der Waals surface area (Å²) >= 11 is 1.12. The molecule has 2 aliphatic rings. The summed E-state index contributed by atoms with van der Waals surface area (Å²) < 4.78 is 33.7. The lowest BCUT2D eigenvalue weighted by Crippen LogP contribution is -2.69. The standard InChI is InChI=1S/C14H21N3O4S2/c1-15-14(18)10-6-8(7-22-10)23(19,20)16-11-9-4-5-21-13(9)12(11)17(2)3/h6-7,9,11-13,16H,4-5H2,1-3H3,(H,15,18). The maximum atomic E-state index is 12.6. The van der Waals surface area contributed by atoms with Gasteiger partial charge < -0.3 is 15.0 Å². The average molecular weight is 359 g/mol. The van der Waals surface area contributed by atoms with Crippen molar-refractivity contribution in [1.29, 1.82) is 0 Å². The van der Waals surface area contributed by atoms with Gasteiger partial charge >= 0.3 is 0 Å². The molecule has 0 radical (unpaired) electrons. The zero-order chi connectivity index (χ0) is 16.8. The van der Waals surface area contributed by atoms with E-state index in [1.165, 1.54) is 18.5 Å². The van der Waals surface area contributed by atoms with Crippen LogP contribution in [0.1, 0.15) is 16.1 Å². The number of hydrogen-bond donors (Lipinski definition) is 2. The molecule has 3 rings (SSSR count). The third-order valence-electron chi connectivity index (χ3n) is 4.57. The Balaban J connectivity index is 1.78. The van der Waals surface area contributed by atoms with E-state index in [-0.39, 0.29) is 34.9 Å². The first kappa shape index (κ1) is 16.8. The summed E-state index contributed by atoms with van der Waals surface area (Å²) in [7, 11) is 1.73. The molecular weight excluding hydrogens is 338 g/mol. The van der Waals surface area contributed by atoms with Gasteiger partial charge in [0, 0.05) is 31.0 Å². The molecule has 0 spiro atoms. The van der Waals surface area contributed by atoms with Crippen molar-refractivity contribution in [2.24, 2.45) is 5.92 Å². The molecule has 128 valence electrons. The van der Waals surface area contributed by atoms with Crippen molar-refractivity contribution in [2.75, 3.05) is 27.7 Å². The van der Waals surface area contributed by atoms with E-state index in [4.69, 9.17) is 4.74 Å². The quantitative estimate of drug-likeness (QED) is 0.779. The molecule has 1 saturated carbocycles. The maximum absolute atomic E-state index is 12.6. The van der Waals surface area contributed by atoms with Crippen LogP contribution in [-0.4, -0.2) is 65.2 Å². The fourth-order valence-electron chi connectivity index (χ4n) is 3.40. The SMILES string of the molecule is CNC(=O)c1cc(S(=O)(=O)NC2C3CCOC3C2N(C)C)cs1. The summed E-state index contributed by atoms with van der Waals surface area (Å²) in [5, 5.41) is 3.99. The first-order chi connectivity index (χ1) is 10.8. The number of rotatable bonds is 5. The number of amides is 1. The van der Waals surface area contributed by atoms with Crippen LogP contribution in [0.2, 0.25) is 0 Å². The van der Waals surface area contributed by atoms with Gasteiger partial charge in [-0.1, -0.05) is 0 Å². The van der Waals surface area contributed by atoms with Crippen LogP contribution < -0.4 is 10.0 Å². The largest absolute Gasteiger partial charge is 0.376 e. The maximum Gasteiger partial charge on any atom is 0.261 e. The molecule has 2 fully saturated rings. The Bertz CT molecular complexity index is 701. The summed E-state index contributed by atoms with van der Waals surface area (Å²) in [6, 6.07) is 1.29. The third kappa shape index (κ3) is 2.91. The zero-order valence-corrected chi connectivity index (χ0v) is 14.9. The lowest BCUT2D eigenvalue weighted by Gasteiger charge is -2.50. The highest BCUT2D eigenvalue weighted by Crippen LogP contribution is 2.41. The topological polar surface area (TPSA) is 87.7 Å².